The first-order chi connectivity index (χ1) is 9.33. The third-order valence-corrected chi connectivity index (χ3v) is 4.23. The van der Waals surface area contributed by atoms with E-state index in [4.69, 9.17) is 9.47 Å². The number of hydrogen-bond donors (Lipinski definition) is 0. The Morgan fingerprint density at radius 2 is 0.850 bits per heavy atom. The van der Waals surface area contributed by atoms with Crippen LogP contribution in [0, 0.1) is 0 Å². The van der Waals surface area contributed by atoms with Gasteiger partial charge in [-0.1, -0.05) is 39.5 Å². The lowest BCUT2D eigenvalue weighted by molar-refractivity contribution is -0.0230. The lowest BCUT2D eigenvalue weighted by Crippen LogP contribution is -2.23. The highest BCUT2D eigenvalue weighted by molar-refractivity contribution is 4.65. The normalized spacial score (nSPS) is 12.9. The maximum absolute atomic E-state index is 5.85. The van der Waals surface area contributed by atoms with E-state index in [9.17, 15) is 0 Å². The number of unbranched alkanes of at least 4 members (excludes halogenated alkanes) is 5. The van der Waals surface area contributed by atoms with Crippen molar-refractivity contribution in [2.75, 3.05) is 13.2 Å². The lowest BCUT2D eigenvalue weighted by atomic mass is 10.1. The molecule has 2 heteroatoms. The van der Waals surface area contributed by atoms with Crippen molar-refractivity contribution in [3.63, 3.8) is 0 Å². The summed E-state index contributed by atoms with van der Waals surface area (Å²) in [4.78, 5) is 0. The van der Waals surface area contributed by atoms with Crippen LogP contribution >= 0.6 is 0 Å². The van der Waals surface area contributed by atoms with Crippen LogP contribution in [0.25, 0.3) is 0 Å². The molecular formula is C18H38O2. The van der Waals surface area contributed by atoms with Gasteiger partial charge in [0.05, 0.1) is 11.2 Å². The molecule has 0 aliphatic carbocycles. The number of ether oxygens (including phenoxy) is 2. The monoisotopic (exact) mass is 286 g/mol. The number of rotatable bonds is 13. The topological polar surface area (TPSA) is 18.5 Å². The van der Waals surface area contributed by atoms with E-state index in [1.54, 1.807) is 0 Å². The van der Waals surface area contributed by atoms with Crippen LogP contribution in [0.2, 0.25) is 0 Å². The van der Waals surface area contributed by atoms with Crippen molar-refractivity contribution in [2.45, 2.75) is 104 Å². The van der Waals surface area contributed by atoms with E-state index < -0.39 is 0 Å². The second-order valence-electron chi connectivity index (χ2n) is 7.04. The predicted octanol–water partition coefficient (Wildman–Crippen LogP) is 5.74. The van der Waals surface area contributed by atoms with Crippen LogP contribution in [0.3, 0.4) is 0 Å². The molecule has 0 N–H and O–H groups in total. The fourth-order valence-electron chi connectivity index (χ4n) is 1.81. The minimum Gasteiger partial charge on any atom is -0.376 e. The van der Waals surface area contributed by atoms with Crippen LogP contribution in [0.1, 0.15) is 92.9 Å². The first-order valence-electron chi connectivity index (χ1n) is 8.61. The molecule has 0 heterocycles. The summed E-state index contributed by atoms with van der Waals surface area (Å²) in [6, 6.07) is 0. The minimum atomic E-state index is 0.0589. The first-order valence-corrected chi connectivity index (χ1v) is 8.61. The Kier molecular flexibility index (Phi) is 10.6. The highest BCUT2D eigenvalue weighted by Crippen LogP contribution is 2.16. The second-order valence-corrected chi connectivity index (χ2v) is 7.04. The first kappa shape index (κ1) is 19.9. The molecule has 0 bridgehead atoms. The molecule has 0 aliphatic heterocycles. The van der Waals surface area contributed by atoms with Gasteiger partial charge < -0.3 is 9.47 Å². The highest BCUT2D eigenvalue weighted by Gasteiger charge is 2.15. The number of hydrogen-bond acceptors (Lipinski definition) is 2. The van der Waals surface area contributed by atoms with Gasteiger partial charge >= 0.3 is 0 Å². The highest BCUT2D eigenvalue weighted by atomic mass is 16.5. The van der Waals surface area contributed by atoms with Crippen LogP contribution in [-0.4, -0.2) is 24.4 Å². The fraction of sp³-hybridized carbons (Fsp3) is 1.00. The summed E-state index contributed by atoms with van der Waals surface area (Å²) < 4.78 is 11.7. The molecule has 0 radical (unpaired) electrons. The van der Waals surface area contributed by atoms with Crippen LogP contribution in [0.15, 0.2) is 0 Å². The summed E-state index contributed by atoms with van der Waals surface area (Å²) in [7, 11) is 0. The van der Waals surface area contributed by atoms with Gasteiger partial charge in [0.25, 0.3) is 0 Å². The summed E-state index contributed by atoms with van der Waals surface area (Å²) in [6.45, 7) is 14.9. The molecule has 0 aromatic heterocycles. The van der Waals surface area contributed by atoms with Gasteiger partial charge in [0, 0.05) is 13.2 Å². The van der Waals surface area contributed by atoms with Crippen molar-refractivity contribution in [2.24, 2.45) is 0 Å². The molecule has 0 unspecified atom stereocenters. The molecule has 0 aromatic rings. The van der Waals surface area contributed by atoms with Gasteiger partial charge in [0.2, 0.25) is 0 Å². The van der Waals surface area contributed by atoms with E-state index in [2.05, 4.69) is 41.5 Å². The Morgan fingerprint density at radius 3 is 1.15 bits per heavy atom. The summed E-state index contributed by atoms with van der Waals surface area (Å²) in [6.07, 6.45) is 9.80. The molecule has 0 aliphatic rings. The fourth-order valence-corrected chi connectivity index (χ4v) is 1.81. The van der Waals surface area contributed by atoms with Crippen molar-refractivity contribution in [3.8, 4) is 0 Å². The minimum absolute atomic E-state index is 0.0589. The van der Waals surface area contributed by atoms with Crippen molar-refractivity contribution in [1.82, 2.24) is 0 Å². The molecule has 0 atom stereocenters. The van der Waals surface area contributed by atoms with E-state index in [1.807, 2.05) is 0 Å². The van der Waals surface area contributed by atoms with E-state index in [0.717, 1.165) is 26.1 Å². The van der Waals surface area contributed by atoms with Crippen LogP contribution in [0.4, 0.5) is 0 Å². The standard InChI is InChI=1S/C18H38O2/c1-7-17(3,4)19-15-13-11-9-10-12-14-16-20-18(5,6)8-2/h7-16H2,1-6H3. The maximum atomic E-state index is 5.85. The third kappa shape index (κ3) is 11.7. The summed E-state index contributed by atoms with van der Waals surface area (Å²) in [5, 5.41) is 0. The Hall–Kier alpha value is -0.0800. The zero-order valence-corrected chi connectivity index (χ0v) is 14.9. The van der Waals surface area contributed by atoms with Gasteiger partial charge in [-0.15, -0.1) is 0 Å². The van der Waals surface area contributed by atoms with Gasteiger partial charge in [-0.3, -0.25) is 0 Å². The molecule has 0 aromatic carbocycles. The molecule has 122 valence electrons. The third-order valence-electron chi connectivity index (χ3n) is 4.23. The molecular weight excluding hydrogens is 248 g/mol. The molecule has 0 saturated heterocycles. The Labute approximate surface area is 127 Å². The quantitative estimate of drug-likeness (QED) is 0.402. The summed E-state index contributed by atoms with van der Waals surface area (Å²) in [5.74, 6) is 0. The molecule has 2 nitrogen and oxygen atoms in total. The smallest absolute Gasteiger partial charge is 0.0623 e. The average molecular weight is 286 g/mol. The van der Waals surface area contributed by atoms with Crippen molar-refractivity contribution in [3.05, 3.63) is 0 Å². The van der Waals surface area contributed by atoms with Gasteiger partial charge in [-0.05, 0) is 53.4 Å². The van der Waals surface area contributed by atoms with Crippen LogP contribution < -0.4 is 0 Å². The SMILES string of the molecule is CCC(C)(C)OCCCCCCCCOC(C)(C)CC. The van der Waals surface area contributed by atoms with Gasteiger partial charge in [0.15, 0.2) is 0 Å². The zero-order valence-electron chi connectivity index (χ0n) is 14.9. The lowest BCUT2D eigenvalue weighted by Gasteiger charge is -2.23. The van der Waals surface area contributed by atoms with Crippen molar-refractivity contribution >= 4 is 0 Å². The largest absolute Gasteiger partial charge is 0.376 e. The molecule has 0 rings (SSSR count). The van der Waals surface area contributed by atoms with Crippen molar-refractivity contribution < 1.29 is 9.47 Å². The van der Waals surface area contributed by atoms with E-state index in [0.29, 0.717) is 0 Å². The van der Waals surface area contributed by atoms with Gasteiger partial charge in [-0.25, -0.2) is 0 Å². The van der Waals surface area contributed by atoms with Crippen LogP contribution in [-0.2, 0) is 9.47 Å². The Bertz CT molecular complexity index is 197. The molecule has 0 fully saturated rings. The predicted molar refractivity (Wildman–Crippen MR) is 88.3 cm³/mol. The van der Waals surface area contributed by atoms with Gasteiger partial charge in [0.1, 0.15) is 0 Å². The Morgan fingerprint density at radius 1 is 0.550 bits per heavy atom. The average Bonchev–Trinajstić information content (AvgIpc) is 2.41. The second kappa shape index (κ2) is 10.6. The summed E-state index contributed by atoms with van der Waals surface area (Å²) in [5.41, 5.74) is 0.118. The van der Waals surface area contributed by atoms with Crippen molar-refractivity contribution in [1.29, 1.82) is 0 Å². The molecule has 0 spiro atoms. The zero-order chi connectivity index (χ0) is 15.5. The molecule has 0 amide bonds. The maximum Gasteiger partial charge on any atom is 0.0623 e. The molecule has 20 heavy (non-hydrogen) atoms. The Balaban J connectivity index is 3.26. The van der Waals surface area contributed by atoms with Gasteiger partial charge in [-0.2, -0.15) is 0 Å². The van der Waals surface area contributed by atoms with E-state index in [1.165, 1.54) is 38.5 Å². The van der Waals surface area contributed by atoms with Crippen LogP contribution in [0.5, 0.6) is 0 Å². The summed E-state index contributed by atoms with van der Waals surface area (Å²) >= 11 is 0. The van der Waals surface area contributed by atoms with E-state index >= 15 is 0 Å². The molecule has 0 saturated carbocycles. The van der Waals surface area contributed by atoms with E-state index in [-0.39, 0.29) is 11.2 Å².